The molecule has 0 fully saturated rings. The summed E-state index contributed by atoms with van der Waals surface area (Å²) in [5.74, 6) is 1.01. The quantitative estimate of drug-likeness (QED) is 0.447. The first-order chi connectivity index (χ1) is 15.0. The summed E-state index contributed by atoms with van der Waals surface area (Å²) in [5.41, 5.74) is -0.471. The van der Waals surface area contributed by atoms with Crippen molar-refractivity contribution in [2.75, 3.05) is 17.7 Å². The van der Waals surface area contributed by atoms with Crippen LogP contribution in [0.5, 0.6) is 5.75 Å². The molecule has 9 nitrogen and oxygen atoms in total. The van der Waals surface area contributed by atoms with Gasteiger partial charge in [-0.3, -0.25) is 18.7 Å². The van der Waals surface area contributed by atoms with Gasteiger partial charge in [-0.05, 0) is 31.2 Å². The second-order valence-corrected chi connectivity index (χ2v) is 9.27. The molecule has 3 aromatic rings. The van der Waals surface area contributed by atoms with E-state index in [0.717, 1.165) is 22.1 Å². The standard InChI is InChI=1S/C22H27N5O4S/c1-7-31-14-10-8-13(9-11-14)23-15(28)12-32-18-16-17(24-20(25-18)22(2,3)4)26(5)21(30)27(6)19(16)29/h8-11H,7,12H2,1-6H3,(H,23,28). The summed E-state index contributed by atoms with van der Waals surface area (Å²) in [6, 6.07) is 7.09. The van der Waals surface area contributed by atoms with Gasteiger partial charge in [-0.25, -0.2) is 14.8 Å². The number of nitrogens with one attached hydrogen (secondary N) is 1. The van der Waals surface area contributed by atoms with Crippen molar-refractivity contribution < 1.29 is 9.53 Å². The molecular weight excluding hydrogens is 430 g/mol. The summed E-state index contributed by atoms with van der Waals surface area (Å²) in [4.78, 5) is 46.9. The zero-order valence-electron chi connectivity index (χ0n) is 19.1. The average Bonchev–Trinajstić information content (AvgIpc) is 2.75. The highest BCUT2D eigenvalue weighted by atomic mass is 32.2. The molecule has 32 heavy (non-hydrogen) atoms. The number of amides is 1. The third kappa shape index (κ3) is 4.85. The van der Waals surface area contributed by atoms with Crippen LogP contribution in [0.3, 0.4) is 0 Å². The minimum atomic E-state index is -0.488. The van der Waals surface area contributed by atoms with E-state index in [4.69, 9.17) is 4.74 Å². The number of ether oxygens (including phenoxy) is 1. The lowest BCUT2D eigenvalue weighted by Gasteiger charge is -2.19. The van der Waals surface area contributed by atoms with Crippen molar-refractivity contribution in [3.8, 4) is 5.75 Å². The second kappa shape index (κ2) is 9.15. The monoisotopic (exact) mass is 457 g/mol. The zero-order valence-corrected chi connectivity index (χ0v) is 19.9. The van der Waals surface area contributed by atoms with E-state index >= 15 is 0 Å². The van der Waals surface area contributed by atoms with Gasteiger partial charge in [-0.2, -0.15) is 0 Å². The van der Waals surface area contributed by atoms with E-state index in [1.807, 2.05) is 27.7 Å². The van der Waals surface area contributed by atoms with Crippen LogP contribution in [0.15, 0.2) is 38.9 Å². The first kappa shape index (κ1) is 23.5. The third-order valence-electron chi connectivity index (χ3n) is 4.73. The van der Waals surface area contributed by atoms with Crippen molar-refractivity contribution in [1.82, 2.24) is 19.1 Å². The Morgan fingerprint density at radius 3 is 2.34 bits per heavy atom. The summed E-state index contributed by atoms with van der Waals surface area (Å²) in [7, 11) is 2.98. The van der Waals surface area contributed by atoms with Gasteiger partial charge >= 0.3 is 5.69 Å². The van der Waals surface area contributed by atoms with Crippen molar-refractivity contribution >= 4 is 34.4 Å². The smallest absolute Gasteiger partial charge is 0.332 e. The van der Waals surface area contributed by atoms with Crippen LogP contribution in [0.25, 0.3) is 11.0 Å². The Hall–Kier alpha value is -3.14. The van der Waals surface area contributed by atoms with E-state index in [0.29, 0.717) is 23.1 Å². The van der Waals surface area contributed by atoms with Crippen LogP contribution in [0.2, 0.25) is 0 Å². The van der Waals surface area contributed by atoms with E-state index in [1.54, 1.807) is 31.3 Å². The number of hydrogen-bond acceptors (Lipinski definition) is 7. The van der Waals surface area contributed by atoms with Gasteiger partial charge in [0.15, 0.2) is 5.65 Å². The molecule has 1 N–H and O–H groups in total. The van der Waals surface area contributed by atoms with Crippen molar-refractivity contribution in [2.45, 2.75) is 38.1 Å². The molecule has 1 amide bonds. The maximum atomic E-state index is 12.8. The Kier molecular flexibility index (Phi) is 6.73. The fourth-order valence-corrected chi connectivity index (χ4v) is 3.81. The number of aromatic nitrogens is 4. The molecule has 0 spiro atoms. The number of thioether (sulfide) groups is 1. The summed E-state index contributed by atoms with van der Waals surface area (Å²) in [5, 5.41) is 3.42. The number of carbonyl (C=O) groups is 1. The zero-order chi connectivity index (χ0) is 23.6. The van der Waals surface area contributed by atoms with Crippen molar-refractivity contribution in [3.63, 3.8) is 0 Å². The highest BCUT2D eigenvalue weighted by molar-refractivity contribution is 8.00. The Morgan fingerprint density at radius 2 is 1.75 bits per heavy atom. The molecule has 0 aliphatic carbocycles. The van der Waals surface area contributed by atoms with Gasteiger partial charge in [-0.15, -0.1) is 0 Å². The molecule has 2 heterocycles. The number of rotatable bonds is 6. The Morgan fingerprint density at radius 1 is 1.09 bits per heavy atom. The molecule has 2 aromatic heterocycles. The number of benzene rings is 1. The maximum absolute atomic E-state index is 12.8. The highest BCUT2D eigenvalue weighted by Crippen LogP contribution is 2.27. The molecule has 0 saturated heterocycles. The van der Waals surface area contributed by atoms with Crippen LogP contribution in [0.4, 0.5) is 5.69 Å². The molecule has 170 valence electrons. The van der Waals surface area contributed by atoms with Gasteiger partial charge in [0.2, 0.25) is 5.91 Å². The Balaban J connectivity index is 1.92. The largest absolute Gasteiger partial charge is 0.494 e. The molecule has 0 bridgehead atoms. The molecule has 0 atom stereocenters. The fourth-order valence-electron chi connectivity index (χ4n) is 3.00. The van der Waals surface area contributed by atoms with Crippen molar-refractivity contribution in [1.29, 1.82) is 0 Å². The average molecular weight is 458 g/mol. The molecule has 10 heteroatoms. The predicted octanol–water partition coefficient (Wildman–Crippen LogP) is 2.45. The Bertz CT molecular complexity index is 1270. The predicted molar refractivity (Wildman–Crippen MR) is 126 cm³/mol. The number of aryl methyl sites for hydroxylation is 1. The number of fused-ring (bicyclic) bond motifs is 1. The number of carbonyl (C=O) groups excluding carboxylic acids is 1. The first-order valence-corrected chi connectivity index (χ1v) is 11.1. The molecule has 0 saturated carbocycles. The second-order valence-electron chi connectivity index (χ2n) is 8.30. The van der Waals surface area contributed by atoms with Crippen LogP contribution < -0.4 is 21.3 Å². The summed E-state index contributed by atoms with van der Waals surface area (Å²) in [6.07, 6.45) is 0. The van der Waals surface area contributed by atoms with E-state index in [2.05, 4.69) is 15.3 Å². The number of nitrogens with zero attached hydrogens (tertiary/aromatic N) is 4. The van der Waals surface area contributed by atoms with Crippen LogP contribution in [-0.4, -0.2) is 37.4 Å². The molecule has 0 unspecified atom stereocenters. The topological polar surface area (TPSA) is 108 Å². The van der Waals surface area contributed by atoms with Crippen molar-refractivity contribution in [2.24, 2.45) is 14.1 Å². The SMILES string of the molecule is CCOc1ccc(NC(=O)CSc2nc(C(C)(C)C)nc3c2c(=O)n(C)c(=O)n3C)cc1. The van der Waals surface area contributed by atoms with E-state index in [9.17, 15) is 14.4 Å². The molecule has 0 aliphatic rings. The van der Waals surface area contributed by atoms with Crippen LogP contribution in [0.1, 0.15) is 33.5 Å². The van der Waals surface area contributed by atoms with E-state index in [1.165, 1.54) is 11.6 Å². The van der Waals surface area contributed by atoms with Crippen LogP contribution in [0, 0.1) is 0 Å². The van der Waals surface area contributed by atoms with Gasteiger partial charge < -0.3 is 10.1 Å². The maximum Gasteiger partial charge on any atom is 0.332 e. The van der Waals surface area contributed by atoms with E-state index in [-0.39, 0.29) is 22.7 Å². The minimum Gasteiger partial charge on any atom is -0.494 e. The normalized spacial score (nSPS) is 11.6. The molecule has 0 aliphatic heterocycles. The third-order valence-corrected chi connectivity index (χ3v) is 5.70. The molecular formula is C22H27N5O4S. The minimum absolute atomic E-state index is 0.0366. The lowest BCUT2D eigenvalue weighted by Crippen LogP contribution is -2.38. The van der Waals surface area contributed by atoms with Gasteiger partial charge in [0.25, 0.3) is 5.56 Å². The van der Waals surface area contributed by atoms with Crippen molar-refractivity contribution in [3.05, 3.63) is 50.9 Å². The highest BCUT2D eigenvalue weighted by Gasteiger charge is 2.24. The summed E-state index contributed by atoms with van der Waals surface area (Å²) >= 11 is 1.14. The van der Waals surface area contributed by atoms with Crippen LogP contribution >= 0.6 is 11.8 Å². The lowest BCUT2D eigenvalue weighted by atomic mass is 9.96. The van der Waals surface area contributed by atoms with Gasteiger partial charge in [0, 0.05) is 25.2 Å². The summed E-state index contributed by atoms with van der Waals surface area (Å²) in [6.45, 7) is 8.30. The first-order valence-electron chi connectivity index (χ1n) is 10.2. The van der Waals surface area contributed by atoms with Gasteiger partial charge in [-0.1, -0.05) is 32.5 Å². The van der Waals surface area contributed by atoms with Crippen LogP contribution in [-0.2, 0) is 24.3 Å². The molecule has 3 rings (SSSR count). The van der Waals surface area contributed by atoms with Gasteiger partial charge in [0.05, 0.1) is 12.4 Å². The number of anilines is 1. The fraction of sp³-hybridized carbons (Fsp3) is 0.409. The van der Waals surface area contributed by atoms with E-state index < -0.39 is 16.7 Å². The lowest BCUT2D eigenvalue weighted by molar-refractivity contribution is -0.113. The Labute approximate surface area is 189 Å². The number of hydrogen-bond donors (Lipinski definition) is 1. The summed E-state index contributed by atoms with van der Waals surface area (Å²) < 4.78 is 7.75. The molecule has 0 radical (unpaired) electrons. The van der Waals surface area contributed by atoms with Gasteiger partial charge in [0.1, 0.15) is 22.0 Å². The molecule has 1 aromatic carbocycles.